The predicted molar refractivity (Wildman–Crippen MR) is 68.4 cm³/mol. The Balaban J connectivity index is 2.34. The van der Waals surface area contributed by atoms with Crippen LogP contribution in [0.5, 0.6) is 0 Å². The molecule has 1 heterocycles. The maximum absolute atomic E-state index is 8.82. The molecule has 2 rings (SSSR count). The summed E-state index contributed by atoms with van der Waals surface area (Å²) in [4.78, 5) is 4.08. The number of benzene rings is 1. The lowest BCUT2D eigenvalue weighted by molar-refractivity contribution is 1.29. The zero-order valence-electron chi connectivity index (χ0n) is 9.18. The van der Waals surface area contributed by atoms with E-state index in [2.05, 4.69) is 10.3 Å². The van der Waals surface area contributed by atoms with Crippen molar-refractivity contribution in [2.24, 2.45) is 0 Å². The molecular weight excluding hydrogens is 248 g/mol. The third kappa shape index (κ3) is 2.57. The molecule has 0 atom stereocenters. The standard InChI is InChI=1S/C13H7ClN4/c14-11-2-1-9(7-15)5-12(11)18-13-6-10(8-16)3-4-17-13/h1-6H,(H,17,18). The first-order valence-electron chi connectivity index (χ1n) is 5.06. The van der Waals surface area contributed by atoms with Crippen LogP contribution in [0.4, 0.5) is 11.5 Å². The molecule has 1 aromatic carbocycles. The molecule has 0 radical (unpaired) electrons. The van der Waals surface area contributed by atoms with Crippen molar-refractivity contribution in [3.8, 4) is 12.1 Å². The number of nitrogens with zero attached hydrogens (tertiary/aromatic N) is 3. The van der Waals surface area contributed by atoms with Gasteiger partial charge in [0.05, 0.1) is 34.0 Å². The summed E-state index contributed by atoms with van der Waals surface area (Å²) in [7, 11) is 0. The molecule has 0 unspecified atom stereocenters. The van der Waals surface area contributed by atoms with Gasteiger partial charge in [0.2, 0.25) is 0 Å². The normalized spacial score (nSPS) is 9.28. The van der Waals surface area contributed by atoms with Gasteiger partial charge in [0.1, 0.15) is 5.82 Å². The van der Waals surface area contributed by atoms with Crippen LogP contribution in [0.1, 0.15) is 11.1 Å². The molecule has 86 valence electrons. The maximum Gasteiger partial charge on any atom is 0.131 e. The quantitative estimate of drug-likeness (QED) is 0.893. The van der Waals surface area contributed by atoms with Crippen LogP contribution in [-0.4, -0.2) is 4.98 Å². The summed E-state index contributed by atoms with van der Waals surface area (Å²) in [5, 5.41) is 21.1. The fourth-order valence-electron chi connectivity index (χ4n) is 1.40. The second kappa shape index (κ2) is 5.18. The molecule has 0 fully saturated rings. The van der Waals surface area contributed by atoms with Crippen LogP contribution in [-0.2, 0) is 0 Å². The highest BCUT2D eigenvalue weighted by molar-refractivity contribution is 6.33. The highest BCUT2D eigenvalue weighted by Crippen LogP contribution is 2.25. The minimum atomic E-state index is 0.484. The van der Waals surface area contributed by atoms with Gasteiger partial charge in [-0.15, -0.1) is 0 Å². The number of anilines is 2. The molecule has 1 N–H and O–H groups in total. The van der Waals surface area contributed by atoms with Crippen molar-refractivity contribution in [3.05, 3.63) is 52.7 Å². The average molecular weight is 255 g/mol. The smallest absolute Gasteiger partial charge is 0.131 e. The number of hydrogen-bond acceptors (Lipinski definition) is 4. The van der Waals surface area contributed by atoms with E-state index < -0.39 is 0 Å². The molecule has 0 aliphatic heterocycles. The Hall–Kier alpha value is -2.56. The number of aromatic nitrogens is 1. The molecule has 0 spiro atoms. The lowest BCUT2D eigenvalue weighted by Gasteiger charge is -2.07. The summed E-state index contributed by atoms with van der Waals surface area (Å²) < 4.78 is 0. The van der Waals surface area contributed by atoms with E-state index in [9.17, 15) is 0 Å². The van der Waals surface area contributed by atoms with Crippen LogP contribution in [0.3, 0.4) is 0 Å². The predicted octanol–water partition coefficient (Wildman–Crippen LogP) is 3.22. The van der Waals surface area contributed by atoms with E-state index in [0.29, 0.717) is 27.7 Å². The number of nitrogens with one attached hydrogen (secondary N) is 1. The van der Waals surface area contributed by atoms with Gasteiger partial charge >= 0.3 is 0 Å². The molecule has 1 aromatic heterocycles. The van der Waals surface area contributed by atoms with Crippen molar-refractivity contribution in [3.63, 3.8) is 0 Å². The number of hydrogen-bond donors (Lipinski definition) is 1. The number of nitriles is 2. The first kappa shape index (κ1) is 11.9. The zero-order chi connectivity index (χ0) is 13.0. The number of halogens is 1. The van der Waals surface area contributed by atoms with Crippen LogP contribution < -0.4 is 5.32 Å². The molecule has 0 aliphatic carbocycles. The van der Waals surface area contributed by atoms with Gasteiger partial charge in [-0.3, -0.25) is 0 Å². The molecule has 0 bridgehead atoms. The summed E-state index contributed by atoms with van der Waals surface area (Å²) in [6, 6.07) is 12.2. The fraction of sp³-hybridized carbons (Fsp3) is 0. The minimum absolute atomic E-state index is 0.484. The summed E-state index contributed by atoms with van der Waals surface area (Å²) in [5.41, 5.74) is 1.58. The Labute approximate surface area is 109 Å². The molecule has 0 amide bonds. The van der Waals surface area contributed by atoms with Crippen molar-refractivity contribution >= 4 is 23.1 Å². The Kier molecular flexibility index (Phi) is 3.43. The summed E-state index contributed by atoms with van der Waals surface area (Å²) in [6.45, 7) is 0. The Morgan fingerprint density at radius 1 is 1.06 bits per heavy atom. The van der Waals surface area contributed by atoms with E-state index >= 15 is 0 Å². The van der Waals surface area contributed by atoms with E-state index in [1.54, 1.807) is 30.3 Å². The fourth-order valence-corrected chi connectivity index (χ4v) is 1.56. The van der Waals surface area contributed by atoms with Gasteiger partial charge in [-0.2, -0.15) is 10.5 Å². The molecule has 18 heavy (non-hydrogen) atoms. The van der Waals surface area contributed by atoms with E-state index in [1.165, 1.54) is 6.20 Å². The van der Waals surface area contributed by atoms with E-state index in [-0.39, 0.29) is 0 Å². The number of rotatable bonds is 2. The van der Waals surface area contributed by atoms with Gasteiger partial charge in [0.25, 0.3) is 0 Å². The lowest BCUT2D eigenvalue weighted by atomic mass is 10.2. The van der Waals surface area contributed by atoms with Crippen molar-refractivity contribution < 1.29 is 0 Å². The van der Waals surface area contributed by atoms with Crippen LogP contribution >= 0.6 is 11.6 Å². The summed E-state index contributed by atoms with van der Waals surface area (Å²) in [5.74, 6) is 0.506. The maximum atomic E-state index is 8.82. The van der Waals surface area contributed by atoms with Crippen LogP contribution in [0.15, 0.2) is 36.5 Å². The lowest BCUT2D eigenvalue weighted by Crippen LogP contribution is -1.95. The summed E-state index contributed by atoms with van der Waals surface area (Å²) >= 11 is 6.01. The molecular formula is C13H7ClN4. The Bertz CT molecular complexity index is 667. The van der Waals surface area contributed by atoms with Crippen LogP contribution in [0.2, 0.25) is 5.02 Å². The Morgan fingerprint density at radius 2 is 1.78 bits per heavy atom. The first-order valence-corrected chi connectivity index (χ1v) is 5.43. The monoisotopic (exact) mass is 254 g/mol. The second-order valence-corrected chi connectivity index (χ2v) is 3.88. The number of pyridine rings is 1. The molecule has 0 aliphatic rings. The topological polar surface area (TPSA) is 72.5 Å². The Morgan fingerprint density at radius 3 is 2.50 bits per heavy atom. The van der Waals surface area contributed by atoms with E-state index in [1.807, 2.05) is 12.1 Å². The van der Waals surface area contributed by atoms with Crippen molar-refractivity contribution in [1.82, 2.24) is 4.98 Å². The van der Waals surface area contributed by atoms with Crippen molar-refractivity contribution in [2.75, 3.05) is 5.32 Å². The minimum Gasteiger partial charge on any atom is -0.339 e. The van der Waals surface area contributed by atoms with Gasteiger partial charge in [-0.05, 0) is 30.3 Å². The third-order valence-corrected chi connectivity index (χ3v) is 2.58. The molecule has 5 heteroatoms. The van der Waals surface area contributed by atoms with Crippen molar-refractivity contribution in [2.45, 2.75) is 0 Å². The SMILES string of the molecule is N#Cc1ccnc(Nc2cc(C#N)ccc2Cl)c1. The largest absolute Gasteiger partial charge is 0.339 e. The van der Waals surface area contributed by atoms with Gasteiger partial charge in [-0.25, -0.2) is 4.98 Å². The third-order valence-electron chi connectivity index (χ3n) is 2.25. The van der Waals surface area contributed by atoms with Crippen LogP contribution in [0.25, 0.3) is 0 Å². The first-order chi connectivity index (χ1) is 8.72. The van der Waals surface area contributed by atoms with Gasteiger partial charge in [-0.1, -0.05) is 11.6 Å². The zero-order valence-corrected chi connectivity index (χ0v) is 9.94. The van der Waals surface area contributed by atoms with Gasteiger partial charge < -0.3 is 5.32 Å². The highest BCUT2D eigenvalue weighted by Gasteiger charge is 2.04. The van der Waals surface area contributed by atoms with Crippen molar-refractivity contribution in [1.29, 1.82) is 10.5 Å². The summed E-state index contributed by atoms with van der Waals surface area (Å²) in [6.07, 6.45) is 1.53. The van der Waals surface area contributed by atoms with Crippen LogP contribution in [0, 0.1) is 22.7 Å². The molecule has 2 aromatic rings. The van der Waals surface area contributed by atoms with E-state index in [0.717, 1.165) is 0 Å². The second-order valence-electron chi connectivity index (χ2n) is 3.47. The molecule has 0 saturated carbocycles. The highest BCUT2D eigenvalue weighted by atomic mass is 35.5. The molecule has 4 nitrogen and oxygen atoms in total. The average Bonchev–Trinajstić information content (AvgIpc) is 2.41. The van der Waals surface area contributed by atoms with Gasteiger partial charge in [0.15, 0.2) is 0 Å². The van der Waals surface area contributed by atoms with E-state index in [4.69, 9.17) is 22.1 Å². The van der Waals surface area contributed by atoms with Gasteiger partial charge in [0, 0.05) is 6.20 Å². The molecule has 0 saturated heterocycles.